The highest BCUT2D eigenvalue weighted by Gasteiger charge is 2.33. The van der Waals surface area contributed by atoms with Crippen LogP contribution in [0.4, 0.5) is 5.69 Å². The molecule has 1 aliphatic heterocycles. The van der Waals surface area contributed by atoms with Crippen LogP contribution in [0.15, 0.2) is 48.5 Å². The SMILES string of the molecule is Cc1cc(C)cc(N2CC[C@@H](NC(=O)CCc3ccccc3)C2=O)c1. The van der Waals surface area contributed by atoms with Crippen LogP contribution in [-0.2, 0) is 16.0 Å². The Balaban J connectivity index is 1.57. The first-order valence-electron chi connectivity index (χ1n) is 8.76. The second kappa shape index (κ2) is 7.51. The summed E-state index contributed by atoms with van der Waals surface area (Å²) in [6.45, 7) is 4.70. The van der Waals surface area contributed by atoms with Crippen LogP contribution in [0.5, 0.6) is 0 Å². The number of anilines is 1. The fourth-order valence-electron chi connectivity index (χ4n) is 3.35. The van der Waals surface area contributed by atoms with Gasteiger partial charge in [0, 0.05) is 18.7 Å². The highest BCUT2D eigenvalue weighted by Crippen LogP contribution is 2.24. The molecule has 1 fully saturated rings. The smallest absolute Gasteiger partial charge is 0.249 e. The maximum absolute atomic E-state index is 12.6. The molecule has 2 amide bonds. The van der Waals surface area contributed by atoms with Crippen molar-refractivity contribution in [1.82, 2.24) is 5.32 Å². The van der Waals surface area contributed by atoms with Crippen molar-refractivity contribution in [3.63, 3.8) is 0 Å². The molecule has 0 unspecified atom stereocenters. The minimum absolute atomic E-state index is 0.0157. The number of aryl methyl sites for hydroxylation is 3. The average molecular weight is 336 g/mol. The zero-order valence-corrected chi connectivity index (χ0v) is 14.8. The molecule has 0 aromatic heterocycles. The predicted molar refractivity (Wildman–Crippen MR) is 99.6 cm³/mol. The van der Waals surface area contributed by atoms with Crippen LogP contribution in [0.3, 0.4) is 0 Å². The largest absolute Gasteiger partial charge is 0.344 e. The van der Waals surface area contributed by atoms with Crippen molar-refractivity contribution in [2.75, 3.05) is 11.4 Å². The molecule has 0 aliphatic carbocycles. The van der Waals surface area contributed by atoms with Crippen molar-refractivity contribution in [2.24, 2.45) is 0 Å². The van der Waals surface area contributed by atoms with Gasteiger partial charge in [0.1, 0.15) is 6.04 Å². The van der Waals surface area contributed by atoms with Crippen LogP contribution in [0.1, 0.15) is 29.5 Å². The van der Waals surface area contributed by atoms with Crippen molar-refractivity contribution in [1.29, 1.82) is 0 Å². The van der Waals surface area contributed by atoms with E-state index in [1.807, 2.05) is 56.3 Å². The molecule has 2 aromatic carbocycles. The van der Waals surface area contributed by atoms with Gasteiger partial charge >= 0.3 is 0 Å². The lowest BCUT2D eigenvalue weighted by atomic mass is 10.1. The van der Waals surface area contributed by atoms with E-state index in [9.17, 15) is 9.59 Å². The van der Waals surface area contributed by atoms with E-state index in [2.05, 4.69) is 11.4 Å². The lowest BCUT2D eigenvalue weighted by Crippen LogP contribution is -2.41. The Bertz CT molecular complexity index is 750. The number of amides is 2. The number of carbonyl (C=O) groups excluding carboxylic acids is 2. The molecule has 130 valence electrons. The van der Waals surface area contributed by atoms with Crippen molar-refractivity contribution in [3.8, 4) is 0 Å². The Hall–Kier alpha value is -2.62. The van der Waals surface area contributed by atoms with Gasteiger partial charge in [-0.25, -0.2) is 0 Å². The summed E-state index contributed by atoms with van der Waals surface area (Å²) >= 11 is 0. The minimum atomic E-state index is -0.413. The topological polar surface area (TPSA) is 49.4 Å². The third-order valence-electron chi connectivity index (χ3n) is 4.54. The van der Waals surface area contributed by atoms with Crippen LogP contribution in [-0.4, -0.2) is 24.4 Å². The Morgan fingerprint density at radius 1 is 1.12 bits per heavy atom. The van der Waals surface area contributed by atoms with Gasteiger partial charge < -0.3 is 10.2 Å². The van der Waals surface area contributed by atoms with Crippen molar-refractivity contribution in [2.45, 2.75) is 39.2 Å². The second-order valence-corrected chi connectivity index (χ2v) is 6.73. The molecule has 1 heterocycles. The van der Waals surface area contributed by atoms with Gasteiger partial charge in [-0.05, 0) is 55.5 Å². The molecule has 3 rings (SSSR count). The highest BCUT2D eigenvalue weighted by atomic mass is 16.2. The van der Waals surface area contributed by atoms with E-state index in [0.29, 0.717) is 25.8 Å². The molecule has 1 aliphatic rings. The number of nitrogens with zero attached hydrogens (tertiary/aromatic N) is 1. The number of benzene rings is 2. The van der Waals surface area contributed by atoms with E-state index in [1.54, 1.807) is 4.90 Å². The first kappa shape index (κ1) is 17.2. The molecule has 25 heavy (non-hydrogen) atoms. The second-order valence-electron chi connectivity index (χ2n) is 6.73. The third-order valence-corrected chi connectivity index (χ3v) is 4.54. The number of rotatable bonds is 5. The summed E-state index contributed by atoms with van der Waals surface area (Å²) in [5.41, 5.74) is 4.33. The van der Waals surface area contributed by atoms with Gasteiger partial charge in [-0.1, -0.05) is 36.4 Å². The Labute approximate surface area is 148 Å². The van der Waals surface area contributed by atoms with E-state index in [1.165, 1.54) is 0 Å². The summed E-state index contributed by atoms with van der Waals surface area (Å²) in [6.07, 6.45) is 1.74. The van der Waals surface area contributed by atoms with Crippen LogP contribution in [0.2, 0.25) is 0 Å². The van der Waals surface area contributed by atoms with Crippen molar-refractivity contribution >= 4 is 17.5 Å². The number of carbonyl (C=O) groups is 2. The van der Waals surface area contributed by atoms with Crippen LogP contribution in [0.25, 0.3) is 0 Å². The van der Waals surface area contributed by atoms with Crippen LogP contribution >= 0.6 is 0 Å². The molecular weight excluding hydrogens is 312 g/mol. The van der Waals surface area contributed by atoms with Gasteiger partial charge in [0.25, 0.3) is 0 Å². The Morgan fingerprint density at radius 2 is 1.80 bits per heavy atom. The standard InChI is InChI=1S/C21H24N2O2/c1-15-12-16(2)14-18(13-15)23-11-10-19(21(23)25)22-20(24)9-8-17-6-4-3-5-7-17/h3-7,12-14,19H,8-11H2,1-2H3,(H,22,24)/t19-/m1/s1. The summed E-state index contributed by atoms with van der Waals surface area (Å²) in [7, 11) is 0. The molecule has 4 heteroatoms. The fraction of sp³-hybridized carbons (Fsp3) is 0.333. The molecule has 1 atom stereocenters. The molecule has 1 N–H and O–H groups in total. The van der Waals surface area contributed by atoms with Gasteiger partial charge in [-0.15, -0.1) is 0 Å². The quantitative estimate of drug-likeness (QED) is 0.912. The fourth-order valence-corrected chi connectivity index (χ4v) is 3.35. The normalized spacial score (nSPS) is 17.0. The summed E-state index contributed by atoms with van der Waals surface area (Å²) in [5.74, 6) is -0.0810. The van der Waals surface area contributed by atoms with Gasteiger partial charge in [0.05, 0.1) is 0 Å². The average Bonchev–Trinajstić information content (AvgIpc) is 2.94. The molecule has 0 saturated carbocycles. The van der Waals surface area contributed by atoms with Crippen LogP contribution in [0, 0.1) is 13.8 Å². The first-order valence-corrected chi connectivity index (χ1v) is 8.76. The number of hydrogen-bond acceptors (Lipinski definition) is 2. The molecule has 0 bridgehead atoms. The zero-order valence-electron chi connectivity index (χ0n) is 14.8. The van der Waals surface area contributed by atoms with Crippen molar-refractivity contribution in [3.05, 3.63) is 65.2 Å². The lowest BCUT2D eigenvalue weighted by molar-refractivity contribution is -0.126. The zero-order chi connectivity index (χ0) is 17.8. The van der Waals surface area contributed by atoms with Crippen molar-refractivity contribution < 1.29 is 9.59 Å². The van der Waals surface area contributed by atoms with E-state index in [0.717, 1.165) is 22.4 Å². The van der Waals surface area contributed by atoms with Gasteiger partial charge in [0.15, 0.2) is 0 Å². The van der Waals surface area contributed by atoms with Gasteiger partial charge in [-0.2, -0.15) is 0 Å². The maximum atomic E-state index is 12.6. The minimum Gasteiger partial charge on any atom is -0.344 e. The summed E-state index contributed by atoms with van der Waals surface area (Å²) in [6, 6.07) is 15.6. The van der Waals surface area contributed by atoms with E-state index in [-0.39, 0.29) is 11.8 Å². The summed E-state index contributed by atoms with van der Waals surface area (Å²) < 4.78 is 0. The number of nitrogens with one attached hydrogen (secondary N) is 1. The summed E-state index contributed by atoms with van der Waals surface area (Å²) in [5, 5.41) is 2.90. The van der Waals surface area contributed by atoms with Gasteiger partial charge in [-0.3, -0.25) is 9.59 Å². The van der Waals surface area contributed by atoms with E-state index < -0.39 is 6.04 Å². The molecule has 0 spiro atoms. The monoisotopic (exact) mass is 336 g/mol. The molecular formula is C21H24N2O2. The third kappa shape index (κ3) is 4.27. The van der Waals surface area contributed by atoms with Crippen LogP contribution < -0.4 is 10.2 Å². The Kier molecular flexibility index (Phi) is 5.17. The Morgan fingerprint density at radius 3 is 2.48 bits per heavy atom. The molecule has 1 saturated heterocycles. The molecule has 4 nitrogen and oxygen atoms in total. The molecule has 2 aromatic rings. The lowest BCUT2D eigenvalue weighted by Gasteiger charge is -2.18. The predicted octanol–water partition coefficient (Wildman–Crippen LogP) is 3.16. The molecule has 0 radical (unpaired) electrons. The van der Waals surface area contributed by atoms with E-state index in [4.69, 9.17) is 0 Å². The number of hydrogen-bond donors (Lipinski definition) is 1. The first-order chi connectivity index (χ1) is 12.0. The summed E-state index contributed by atoms with van der Waals surface area (Å²) in [4.78, 5) is 26.6. The van der Waals surface area contributed by atoms with E-state index >= 15 is 0 Å². The maximum Gasteiger partial charge on any atom is 0.249 e. The highest BCUT2D eigenvalue weighted by molar-refractivity contribution is 6.01. The van der Waals surface area contributed by atoms with Gasteiger partial charge in [0.2, 0.25) is 11.8 Å².